The first-order valence-electron chi connectivity index (χ1n) is 10.7. The lowest BCUT2D eigenvalue weighted by molar-refractivity contribution is -0.118. The van der Waals surface area contributed by atoms with E-state index in [2.05, 4.69) is 43.4 Å². The second-order valence-corrected chi connectivity index (χ2v) is 8.28. The Morgan fingerprint density at radius 2 is 2.17 bits per heavy atom. The standard InChI is InChI=1S/C23H27N5O/c29-18(13-25-21-8-2-6-17-5-1-7-19(17)21)12-16-4-3-11-28(14-16)23-20-9-10-24-22(20)26-15-27-23/h2,6,8-10,15-16,25H,1,3-5,7,11-14H2,(H,24,26,27)/t16-/m0/s1. The van der Waals surface area contributed by atoms with Crippen molar-refractivity contribution in [3.05, 3.63) is 47.9 Å². The summed E-state index contributed by atoms with van der Waals surface area (Å²) in [5.74, 6) is 1.65. The Morgan fingerprint density at radius 3 is 3.14 bits per heavy atom. The summed E-state index contributed by atoms with van der Waals surface area (Å²) in [6.07, 6.45) is 9.84. The number of hydrogen-bond donors (Lipinski definition) is 2. The first-order valence-corrected chi connectivity index (χ1v) is 10.7. The van der Waals surface area contributed by atoms with Crippen molar-refractivity contribution in [2.24, 2.45) is 5.92 Å². The Balaban J connectivity index is 1.20. The second kappa shape index (κ2) is 7.85. The number of nitrogens with one attached hydrogen (secondary N) is 2. The number of aromatic nitrogens is 3. The smallest absolute Gasteiger partial charge is 0.152 e. The van der Waals surface area contributed by atoms with Gasteiger partial charge in [-0.1, -0.05) is 12.1 Å². The molecule has 3 heterocycles. The minimum Gasteiger partial charge on any atom is -0.378 e. The fourth-order valence-corrected chi connectivity index (χ4v) is 4.91. The number of aromatic amines is 1. The summed E-state index contributed by atoms with van der Waals surface area (Å²) in [5, 5.41) is 4.46. The van der Waals surface area contributed by atoms with Gasteiger partial charge in [0.05, 0.1) is 11.9 Å². The Labute approximate surface area is 170 Å². The van der Waals surface area contributed by atoms with E-state index in [4.69, 9.17) is 0 Å². The number of hydrogen-bond acceptors (Lipinski definition) is 5. The molecular weight excluding hydrogens is 362 g/mol. The molecule has 0 unspecified atom stereocenters. The van der Waals surface area contributed by atoms with Crippen LogP contribution in [0.15, 0.2) is 36.8 Å². The van der Waals surface area contributed by atoms with Crippen LogP contribution in [0.1, 0.15) is 36.8 Å². The van der Waals surface area contributed by atoms with E-state index in [1.165, 1.54) is 17.5 Å². The van der Waals surface area contributed by atoms with Crippen molar-refractivity contribution >= 4 is 28.3 Å². The summed E-state index contributed by atoms with van der Waals surface area (Å²) in [7, 11) is 0. The van der Waals surface area contributed by atoms with Crippen molar-refractivity contribution in [1.82, 2.24) is 15.0 Å². The van der Waals surface area contributed by atoms with Crippen LogP contribution in [-0.4, -0.2) is 40.4 Å². The predicted octanol–water partition coefficient (Wildman–Crippen LogP) is 3.73. The van der Waals surface area contributed by atoms with Crippen LogP contribution in [0.25, 0.3) is 11.0 Å². The van der Waals surface area contributed by atoms with Crippen LogP contribution in [0.5, 0.6) is 0 Å². The summed E-state index contributed by atoms with van der Waals surface area (Å²) >= 11 is 0. The number of Topliss-reactive ketones (excluding diaryl/α,β-unsaturated/α-hetero) is 1. The molecule has 29 heavy (non-hydrogen) atoms. The van der Waals surface area contributed by atoms with Gasteiger partial charge in [0.25, 0.3) is 0 Å². The van der Waals surface area contributed by atoms with E-state index in [0.29, 0.717) is 24.7 Å². The Morgan fingerprint density at radius 1 is 1.21 bits per heavy atom. The molecule has 0 bridgehead atoms. The van der Waals surface area contributed by atoms with Crippen molar-refractivity contribution in [2.45, 2.75) is 38.5 Å². The quantitative estimate of drug-likeness (QED) is 0.672. The number of ketones is 1. The van der Waals surface area contributed by atoms with E-state index >= 15 is 0 Å². The Hall–Kier alpha value is -2.89. The number of benzene rings is 1. The number of fused-ring (bicyclic) bond motifs is 2. The molecule has 0 spiro atoms. The largest absolute Gasteiger partial charge is 0.378 e. The molecule has 1 aromatic carbocycles. The van der Waals surface area contributed by atoms with Gasteiger partial charge in [-0.25, -0.2) is 9.97 Å². The van der Waals surface area contributed by atoms with Gasteiger partial charge in [-0.2, -0.15) is 0 Å². The zero-order valence-corrected chi connectivity index (χ0v) is 16.7. The molecule has 0 radical (unpaired) electrons. The molecule has 2 aromatic heterocycles. The van der Waals surface area contributed by atoms with Crippen molar-refractivity contribution in [1.29, 1.82) is 0 Å². The van der Waals surface area contributed by atoms with Crippen LogP contribution in [-0.2, 0) is 17.6 Å². The Bertz CT molecular complexity index is 1030. The molecule has 1 aliphatic carbocycles. The highest BCUT2D eigenvalue weighted by atomic mass is 16.1. The van der Waals surface area contributed by atoms with Crippen molar-refractivity contribution in [3.63, 3.8) is 0 Å². The van der Waals surface area contributed by atoms with E-state index < -0.39 is 0 Å². The average molecular weight is 390 g/mol. The number of carbonyl (C=O) groups is 1. The summed E-state index contributed by atoms with van der Waals surface area (Å²) in [6, 6.07) is 8.44. The molecule has 6 nitrogen and oxygen atoms in total. The third-order valence-corrected chi connectivity index (χ3v) is 6.29. The van der Waals surface area contributed by atoms with Crippen LogP contribution in [0.2, 0.25) is 0 Å². The highest BCUT2D eigenvalue weighted by molar-refractivity contribution is 5.87. The normalized spacial score (nSPS) is 18.8. The molecule has 5 rings (SSSR count). The lowest BCUT2D eigenvalue weighted by Crippen LogP contribution is -2.37. The van der Waals surface area contributed by atoms with E-state index in [0.717, 1.165) is 61.3 Å². The van der Waals surface area contributed by atoms with E-state index in [1.807, 2.05) is 12.3 Å². The molecule has 1 saturated heterocycles. The molecule has 2 aliphatic rings. The van der Waals surface area contributed by atoms with Crippen molar-refractivity contribution in [2.75, 3.05) is 29.9 Å². The van der Waals surface area contributed by atoms with Gasteiger partial charge in [-0.15, -0.1) is 0 Å². The maximum Gasteiger partial charge on any atom is 0.152 e. The van der Waals surface area contributed by atoms with Crippen molar-refractivity contribution < 1.29 is 4.79 Å². The third kappa shape index (κ3) is 3.71. The van der Waals surface area contributed by atoms with Gasteiger partial charge >= 0.3 is 0 Å². The van der Waals surface area contributed by atoms with Gasteiger partial charge in [-0.05, 0) is 61.3 Å². The number of nitrogens with zero attached hydrogens (tertiary/aromatic N) is 3. The minimum atomic E-state index is 0.293. The van der Waals surface area contributed by atoms with Crippen LogP contribution in [0.3, 0.4) is 0 Å². The topological polar surface area (TPSA) is 73.9 Å². The lowest BCUT2D eigenvalue weighted by atomic mass is 9.92. The fraction of sp³-hybridized carbons (Fsp3) is 0.435. The van der Waals surface area contributed by atoms with Gasteiger partial charge in [0.15, 0.2) is 5.78 Å². The van der Waals surface area contributed by atoms with Gasteiger partial charge in [0.1, 0.15) is 17.8 Å². The van der Waals surface area contributed by atoms with Crippen LogP contribution >= 0.6 is 0 Å². The first-order chi connectivity index (χ1) is 14.3. The monoisotopic (exact) mass is 389 g/mol. The van der Waals surface area contributed by atoms with E-state index in [9.17, 15) is 4.79 Å². The summed E-state index contributed by atoms with van der Waals surface area (Å²) in [6.45, 7) is 2.28. The fourth-order valence-electron chi connectivity index (χ4n) is 4.91. The second-order valence-electron chi connectivity index (χ2n) is 8.28. The van der Waals surface area contributed by atoms with Crippen LogP contribution < -0.4 is 10.2 Å². The number of piperidine rings is 1. The first kappa shape index (κ1) is 18.2. The predicted molar refractivity (Wildman–Crippen MR) is 115 cm³/mol. The number of H-pyrrole nitrogens is 1. The lowest BCUT2D eigenvalue weighted by Gasteiger charge is -2.33. The number of aryl methyl sites for hydroxylation is 1. The molecule has 1 aliphatic heterocycles. The van der Waals surface area contributed by atoms with Crippen LogP contribution in [0, 0.1) is 5.92 Å². The molecule has 1 atom stereocenters. The highest BCUT2D eigenvalue weighted by Gasteiger charge is 2.24. The molecule has 6 heteroatoms. The van der Waals surface area contributed by atoms with Gasteiger partial charge in [0, 0.05) is 31.4 Å². The maximum atomic E-state index is 12.7. The van der Waals surface area contributed by atoms with E-state index in [1.54, 1.807) is 6.33 Å². The van der Waals surface area contributed by atoms with Crippen molar-refractivity contribution in [3.8, 4) is 0 Å². The minimum absolute atomic E-state index is 0.293. The maximum absolute atomic E-state index is 12.7. The average Bonchev–Trinajstić information content (AvgIpc) is 3.41. The molecule has 2 N–H and O–H groups in total. The molecule has 0 amide bonds. The summed E-state index contributed by atoms with van der Waals surface area (Å²) in [4.78, 5) is 27.0. The third-order valence-electron chi connectivity index (χ3n) is 6.29. The number of carbonyl (C=O) groups excluding carboxylic acids is 1. The van der Waals surface area contributed by atoms with Gasteiger partial charge < -0.3 is 15.2 Å². The molecular formula is C23H27N5O. The highest BCUT2D eigenvalue weighted by Crippen LogP contribution is 2.30. The number of rotatable bonds is 6. The molecule has 0 saturated carbocycles. The Kier molecular flexibility index (Phi) is 4.92. The van der Waals surface area contributed by atoms with E-state index in [-0.39, 0.29) is 0 Å². The zero-order chi connectivity index (χ0) is 19.6. The molecule has 150 valence electrons. The molecule has 3 aromatic rings. The summed E-state index contributed by atoms with van der Waals surface area (Å²) in [5.41, 5.74) is 4.86. The van der Waals surface area contributed by atoms with Crippen LogP contribution in [0.4, 0.5) is 11.5 Å². The summed E-state index contributed by atoms with van der Waals surface area (Å²) < 4.78 is 0. The SMILES string of the molecule is O=C(CNc1cccc2c1CCC2)C[C@@H]1CCCN(c2ncnc3[nH]ccc23)C1. The zero-order valence-electron chi connectivity index (χ0n) is 16.7. The number of anilines is 2. The van der Waals surface area contributed by atoms with Gasteiger partial charge in [0.2, 0.25) is 0 Å². The molecule has 1 fully saturated rings. The van der Waals surface area contributed by atoms with Gasteiger partial charge in [-0.3, -0.25) is 4.79 Å².